The number of ether oxygens (including phenoxy) is 1. The van der Waals surface area contributed by atoms with Crippen molar-refractivity contribution in [2.24, 2.45) is 7.05 Å². The molecule has 6 heteroatoms. The fourth-order valence-corrected chi connectivity index (χ4v) is 1.89. The van der Waals surface area contributed by atoms with E-state index in [9.17, 15) is 0 Å². The summed E-state index contributed by atoms with van der Waals surface area (Å²) in [4.78, 5) is 1.43. The van der Waals surface area contributed by atoms with Gasteiger partial charge in [0, 0.05) is 18.2 Å². The quantitative estimate of drug-likeness (QED) is 0.867. The molecule has 0 atom stereocenters. The second-order valence-corrected chi connectivity index (χ2v) is 5.08. The van der Waals surface area contributed by atoms with Crippen molar-refractivity contribution < 1.29 is 4.74 Å². The van der Waals surface area contributed by atoms with Gasteiger partial charge in [0.05, 0.1) is 7.05 Å². The molecule has 0 amide bonds. The van der Waals surface area contributed by atoms with Gasteiger partial charge in [-0.15, -0.1) is 10.2 Å². The zero-order valence-electron chi connectivity index (χ0n) is 12.4. The highest BCUT2D eigenvalue weighted by atomic mass is 16.5. The number of rotatable bonds is 6. The van der Waals surface area contributed by atoms with E-state index in [2.05, 4.69) is 40.6 Å². The van der Waals surface area contributed by atoms with Crippen molar-refractivity contribution in [2.75, 3.05) is 0 Å². The van der Waals surface area contributed by atoms with Crippen molar-refractivity contribution in [3.8, 4) is 5.75 Å². The Balaban J connectivity index is 2.08. The maximum absolute atomic E-state index is 5.88. The van der Waals surface area contributed by atoms with Crippen LogP contribution in [0.3, 0.4) is 0 Å². The van der Waals surface area contributed by atoms with Gasteiger partial charge in [0.1, 0.15) is 5.75 Å². The van der Waals surface area contributed by atoms with Crippen molar-refractivity contribution in [1.82, 2.24) is 25.5 Å². The molecule has 0 radical (unpaired) electrons. The summed E-state index contributed by atoms with van der Waals surface area (Å²) in [6.07, 6.45) is 0. The summed E-state index contributed by atoms with van der Waals surface area (Å²) in [7, 11) is 1.74. The van der Waals surface area contributed by atoms with Crippen LogP contribution in [0.25, 0.3) is 0 Å². The maximum atomic E-state index is 5.88. The van der Waals surface area contributed by atoms with E-state index in [1.807, 2.05) is 19.1 Å². The van der Waals surface area contributed by atoms with E-state index in [-0.39, 0.29) is 0 Å². The summed E-state index contributed by atoms with van der Waals surface area (Å²) >= 11 is 0. The van der Waals surface area contributed by atoms with Crippen LogP contribution in [0.15, 0.2) is 18.2 Å². The van der Waals surface area contributed by atoms with Crippen LogP contribution in [-0.4, -0.2) is 26.2 Å². The molecular weight excluding hydrogens is 254 g/mol. The molecule has 0 spiro atoms. The number of para-hydroxylation sites is 1. The van der Waals surface area contributed by atoms with Crippen molar-refractivity contribution in [3.63, 3.8) is 0 Å². The minimum atomic E-state index is 0.327. The lowest BCUT2D eigenvalue weighted by atomic mass is 10.1. The summed E-state index contributed by atoms with van der Waals surface area (Å²) in [5.74, 6) is 1.48. The fraction of sp³-hybridized carbons (Fsp3) is 0.500. The molecular formula is C14H21N5O. The molecule has 1 aromatic heterocycles. The van der Waals surface area contributed by atoms with Gasteiger partial charge in [-0.1, -0.05) is 32.0 Å². The molecule has 108 valence electrons. The Bertz CT molecular complexity index is 564. The third-order valence-corrected chi connectivity index (χ3v) is 2.89. The lowest BCUT2D eigenvalue weighted by molar-refractivity contribution is 0.289. The van der Waals surface area contributed by atoms with Crippen molar-refractivity contribution in [3.05, 3.63) is 35.2 Å². The second-order valence-electron chi connectivity index (χ2n) is 5.08. The highest BCUT2D eigenvalue weighted by Crippen LogP contribution is 2.24. The normalized spacial score (nSPS) is 11.1. The van der Waals surface area contributed by atoms with Crippen LogP contribution >= 0.6 is 0 Å². The van der Waals surface area contributed by atoms with Crippen LogP contribution < -0.4 is 10.1 Å². The molecule has 6 nitrogen and oxygen atoms in total. The Kier molecular flexibility index (Phi) is 4.68. The van der Waals surface area contributed by atoms with Gasteiger partial charge in [0.15, 0.2) is 6.61 Å². The molecule has 0 unspecified atom stereocenters. The smallest absolute Gasteiger partial charge is 0.212 e. The SMILES string of the molecule is Cc1cccc(CNC(C)C)c1OCc1nnn(C)n1. The van der Waals surface area contributed by atoms with E-state index in [0.717, 1.165) is 23.4 Å². The molecule has 1 aromatic carbocycles. The van der Waals surface area contributed by atoms with Gasteiger partial charge >= 0.3 is 0 Å². The first-order valence-electron chi connectivity index (χ1n) is 6.74. The standard InChI is InChI=1S/C14H21N5O/c1-10(2)15-8-12-7-5-6-11(3)14(12)20-9-13-16-18-19(4)17-13/h5-7,10,15H,8-9H2,1-4H3. The minimum absolute atomic E-state index is 0.327. The van der Waals surface area contributed by atoms with Crippen LogP contribution in [0.2, 0.25) is 0 Å². The Morgan fingerprint density at radius 1 is 1.35 bits per heavy atom. The molecule has 1 N–H and O–H groups in total. The number of aromatic nitrogens is 4. The van der Waals surface area contributed by atoms with Crippen molar-refractivity contribution >= 4 is 0 Å². The number of tetrazole rings is 1. The van der Waals surface area contributed by atoms with E-state index in [0.29, 0.717) is 18.5 Å². The van der Waals surface area contributed by atoms with Gasteiger partial charge < -0.3 is 10.1 Å². The van der Waals surface area contributed by atoms with Gasteiger partial charge in [0.2, 0.25) is 5.82 Å². The van der Waals surface area contributed by atoms with E-state index in [4.69, 9.17) is 4.74 Å². The van der Waals surface area contributed by atoms with Gasteiger partial charge in [-0.05, 0) is 17.7 Å². The van der Waals surface area contributed by atoms with Crippen LogP contribution in [0, 0.1) is 6.92 Å². The fourth-order valence-electron chi connectivity index (χ4n) is 1.89. The summed E-state index contributed by atoms with van der Waals surface area (Å²) < 4.78 is 5.88. The van der Waals surface area contributed by atoms with Crippen molar-refractivity contribution in [2.45, 2.75) is 40.0 Å². The number of aryl methyl sites for hydroxylation is 2. The first-order valence-corrected chi connectivity index (χ1v) is 6.74. The van der Waals surface area contributed by atoms with E-state index < -0.39 is 0 Å². The third-order valence-electron chi connectivity index (χ3n) is 2.89. The molecule has 20 heavy (non-hydrogen) atoms. The molecule has 0 aliphatic rings. The first kappa shape index (κ1) is 14.5. The number of nitrogens with one attached hydrogen (secondary N) is 1. The van der Waals surface area contributed by atoms with Gasteiger partial charge in [-0.3, -0.25) is 0 Å². The second kappa shape index (κ2) is 6.47. The van der Waals surface area contributed by atoms with E-state index in [1.165, 1.54) is 4.80 Å². The molecule has 2 aromatic rings. The Morgan fingerprint density at radius 2 is 2.15 bits per heavy atom. The average Bonchev–Trinajstić information content (AvgIpc) is 2.81. The number of hydrogen-bond acceptors (Lipinski definition) is 5. The molecule has 0 bridgehead atoms. The molecule has 0 fully saturated rings. The minimum Gasteiger partial charge on any atom is -0.485 e. The summed E-state index contributed by atoms with van der Waals surface area (Å²) in [5, 5.41) is 15.2. The Morgan fingerprint density at radius 3 is 2.80 bits per heavy atom. The zero-order valence-corrected chi connectivity index (χ0v) is 12.4. The monoisotopic (exact) mass is 275 g/mol. The number of benzene rings is 1. The van der Waals surface area contributed by atoms with Crippen molar-refractivity contribution in [1.29, 1.82) is 0 Å². The van der Waals surface area contributed by atoms with E-state index in [1.54, 1.807) is 7.05 Å². The van der Waals surface area contributed by atoms with Gasteiger partial charge in [0.25, 0.3) is 0 Å². The maximum Gasteiger partial charge on any atom is 0.212 e. The zero-order chi connectivity index (χ0) is 14.5. The average molecular weight is 275 g/mol. The molecule has 2 rings (SSSR count). The van der Waals surface area contributed by atoms with Gasteiger partial charge in [-0.2, -0.15) is 4.80 Å². The molecule has 0 saturated carbocycles. The third kappa shape index (κ3) is 3.77. The predicted octanol–water partition coefficient (Wildman–Crippen LogP) is 1.60. The molecule has 0 saturated heterocycles. The largest absolute Gasteiger partial charge is 0.485 e. The highest BCUT2D eigenvalue weighted by molar-refractivity contribution is 5.40. The molecule has 0 aliphatic heterocycles. The first-order chi connectivity index (χ1) is 9.56. The molecule has 1 heterocycles. The Hall–Kier alpha value is -1.95. The lowest BCUT2D eigenvalue weighted by Gasteiger charge is -2.15. The topological polar surface area (TPSA) is 64.9 Å². The highest BCUT2D eigenvalue weighted by Gasteiger charge is 2.09. The van der Waals surface area contributed by atoms with Crippen LogP contribution in [0.1, 0.15) is 30.8 Å². The predicted molar refractivity (Wildman–Crippen MR) is 76.3 cm³/mol. The van der Waals surface area contributed by atoms with Crippen LogP contribution in [0.4, 0.5) is 0 Å². The summed E-state index contributed by atoms with van der Waals surface area (Å²) in [5.41, 5.74) is 2.25. The lowest BCUT2D eigenvalue weighted by Crippen LogP contribution is -2.22. The number of nitrogens with zero attached hydrogens (tertiary/aromatic N) is 4. The Labute approximate surface area is 119 Å². The number of hydrogen-bond donors (Lipinski definition) is 1. The van der Waals surface area contributed by atoms with Crippen LogP contribution in [-0.2, 0) is 20.2 Å². The molecule has 0 aliphatic carbocycles. The van der Waals surface area contributed by atoms with Gasteiger partial charge in [-0.25, -0.2) is 0 Å². The van der Waals surface area contributed by atoms with Crippen LogP contribution in [0.5, 0.6) is 5.75 Å². The summed E-state index contributed by atoms with van der Waals surface area (Å²) in [6.45, 7) is 7.40. The van der Waals surface area contributed by atoms with E-state index >= 15 is 0 Å². The summed E-state index contributed by atoms with van der Waals surface area (Å²) in [6, 6.07) is 6.59.